The average Bonchev–Trinajstić information content (AvgIpc) is 2.69. The van der Waals surface area contributed by atoms with Crippen molar-refractivity contribution in [3.05, 3.63) is 53.5 Å². The van der Waals surface area contributed by atoms with Gasteiger partial charge < -0.3 is 5.32 Å². The van der Waals surface area contributed by atoms with Gasteiger partial charge in [-0.05, 0) is 62.5 Å². The second-order valence-electron chi connectivity index (χ2n) is 3.98. The standard InChI is InChI=1S/C13H10Br3NOS/c1-7(8-2-4-9(14)5-3-8)17-13(18)10-6-11(15)19-12(10)16/h2-7H,1H3,(H,17,18)/t7-/m0/s1. The van der Waals surface area contributed by atoms with Crippen LogP contribution in [0.5, 0.6) is 0 Å². The fraction of sp³-hybridized carbons (Fsp3) is 0.154. The highest BCUT2D eigenvalue weighted by molar-refractivity contribution is 9.12. The Balaban J connectivity index is 2.10. The van der Waals surface area contributed by atoms with Crippen LogP contribution in [0.25, 0.3) is 0 Å². The van der Waals surface area contributed by atoms with Crippen LogP contribution in [0.3, 0.4) is 0 Å². The maximum Gasteiger partial charge on any atom is 0.253 e. The summed E-state index contributed by atoms with van der Waals surface area (Å²) in [6, 6.07) is 9.70. The van der Waals surface area contributed by atoms with Gasteiger partial charge in [0.2, 0.25) is 0 Å². The van der Waals surface area contributed by atoms with Crippen molar-refractivity contribution in [2.24, 2.45) is 0 Å². The minimum atomic E-state index is -0.0794. The van der Waals surface area contributed by atoms with Gasteiger partial charge in [0.25, 0.3) is 5.91 Å². The number of benzene rings is 1. The van der Waals surface area contributed by atoms with Crippen LogP contribution in [0, 0.1) is 0 Å². The molecule has 19 heavy (non-hydrogen) atoms. The van der Waals surface area contributed by atoms with Gasteiger partial charge in [0.05, 0.1) is 19.2 Å². The third-order valence-electron chi connectivity index (χ3n) is 2.62. The van der Waals surface area contributed by atoms with Crippen molar-refractivity contribution < 1.29 is 4.79 Å². The van der Waals surface area contributed by atoms with E-state index in [-0.39, 0.29) is 11.9 Å². The van der Waals surface area contributed by atoms with E-state index in [0.717, 1.165) is 17.6 Å². The van der Waals surface area contributed by atoms with E-state index in [0.29, 0.717) is 5.56 Å². The molecule has 2 rings (SSSR count). The second kappa shape index (κ2) is 6.52. The molecule has 1 N–H and O–H groups in total. The summed E-state index contributed by atoms with van der Waals surface area (Å²) in [5, 5.41) is 2.99. The highest BCUT2D eigenvalue weighted by atomic mass is 79.9. The van der Waals surface area contributed by atoms with Crippen molar-refractivity contribution in [1.82, 2.24) is 5.32 Å². The molecule has 100 valence electrons. The van der Waals surface area contributed by atoms with Gasteiger partial charge in [0.1, 0.15) is 0 Å². The molecule has 1 heterocycles. The summed E-state index contributed by atoms with van der Waals surface area (Å²) in [5.74, 6) is -0.0794. The van der Waals surface area contributed by atoms with Gasteiger partial charge in [0, 0.05) is 4.47 Å². The van der Waals surface area contributed by atoms with Gasteiger partial charge >= 0.3 is 0 Å². The van der Waals surface area contributed by atoms with Crippen molar-refractivity contribution in [2.45, 2.75) is 13.0 Å². The summed E-state index contributed by atoms with van der Waals surface area (Å²) >= 11 is 11.7. The fourth-order valence-electron chi connectivity index (χ4n) is 1.60. The molecular formula is C13H10Br3NOS. The lowest BCUT2D eigenvalue weighted by Gasteiger charge is -2.14. The topological polar surface area (TPSA) is 29.1 Å². The van der Waals surface area contributed by atoms with Crippen molar-refractivity contribution in [2.75, 3.05) is 0 Å². The fourth-order valence-corrected chi connectivity index (χ4v) is 4.66. The molecule has 1 aromatic carbocycles. The van der Waals surface area contributed by atoms with Crippen LogP contribution < -0.4 is 5.32 Å². The normalized spacial score (nSPS) is 12.2. The van der Waals surface area contributed by atoms with Gasteiger partial charge in [-0.25, -0.2) is 0 Å². The minimum absolute atomic E-state index is 0.0359. The molecule has 1 amide bonds. The van der Waals surface area contributed by atoms with E-state index < -0.39 is 0 Å². The summed E-state index contributed by atoms with van der Waals surface area (Å²) in [7, 11) is 0. The van der Waals surface area contributed by atoms with E-state index in [9.17, 15) is 4.79 Å². The van der Waals surface area contributed by atoms with Crippen LogP contribution in [-0.4, -0.2) is 5.91 Å². The molecule has 1 aromatic heterocycles. The first kappa shape index (κ1) is 15.2. The van der Waals surface area contributed by atoms with Crippen LogP contribution >= 0.6 is 59.1 Å². The number of hydrogen-bond donors (Lipinski definition) is 1. The summed E-state index contributed by atoms with van der Waals surface area (Å²) in [4.78, 5) is 12.2. The molecule has 0 radical (unpaired) electrons. The first-order valence-corrected chi connectivity index (χ1v) is 8.68. The number of carbonyl (C=O) groups excluding carboxylic acids is 1. The number of nitrogens with one attached hydrogen (secondary N) is 1. The van der Waals surface area contributed by atoms with E-state index in [1.54, 1.807) is 0 Å². The zero-order valence-electron chi connectivity index (χ0n) is 9.91. The van der Waals surface area contributed by atoms with E-state index >= 15 is 0 Å². The Kier molecular flexibility index (Phi) is 5.22. The lowest BCUT2D eigenvalue weighted by atomic mass is 10.1. The smallest absolute Gasteiger partial charge is 0.253 e. The van der Waals surface area contributed by atoms with Crippen LogP contribution in [-0.2, 0) is 0 Å². The lowest BCUT2D eigenvalue weighted by molar-refractivity contribution is 0.0939. The van der Waals surface area contributed by atoms with Crippen molar-refractivity contribution >= 4 is 65.0 Å². The molecule has 0 saturated heterocycles. The summed E-state index contributed by atoms with van der Waals surface area (Å²) < 4.78 is 2.79. The lowest BCUT2D eigenvalue weighted by Crippen LogP contribution is -2.26. The second-order valence-corrected chi connectivity index (χ2v) is 8.65. The largest absolute Gasteiger partial charge is 0.345 e. The summed E-state index contributed by atoms with van der Waals surface area (Å²) in [6.45, 7) is 1.97. The Bertz CT molecular complexity index is 594. The predicted octanol–water partition coefficient (Wildman–Crippen LogP) is 5.53. The third-order valence-corrected chi connectivity index (χ3v) is 5.49. The molecular weight excluding hydrogens is 458 g/mol. The molecule has 0 bridgehead atoms. The summed E-state index contributed by atoms with van der Waals surface area (Å²) in [6.07, 6.45) is 0. The van der Waals surface area contributed by atoms with Crippen LogP contribution in [0.2, 0.25) is 0 Å². The number of thiophene rings is 1. The van der Waals surface area contributed by atoms with Crippen molar-refractivity contribution in [1.29, 1.82) is 0 Å². The van der Waals surface area contributed by atoms with Crippen LogP contribution in [0.1, 0.15) is 28.9 Å². The molecule has 2 nitrogen and oxygen atoms in total. The van der Waals surface area contributed by atoms with E-state index in [1.165, 1.54) is 11.3 Å². The average molecular weight is 468 g/mol. The first-order chi connectivity index (χ1) is 8.97. The number of amides is 1. The van der Waals surface area contributed by atoms with Gasteiger partial charge in [-0.3, -0.25) is 4.79 Å². The Labute approximate surface area is 141 Å². The van der Waals surface area contributed by atoms with Crippen LogP contribution in [0.15, 0.2) is 42.4 Å². The van der Waals surface area contributed by atoms with E-state index in [4.69, 9.17) is 0 Å². The molecule has 2 aromatic rings. The molecule has 0 fully saturated rings. The van der Waals surface area contributed by atoms with Gasteiger partial charge in [-0.15, -0.1) is 11.3 Å². The monoisotopic (exact) mass is 465 g/mol. The molecule has 0 spiro atoms. The SMILES string of the molecule is C[C@H](NC(=O)c1cc(Br)sc1Br)c1ccc(Br)cc1. The highest BCUT2D eigenvalue weighted by Crippen LogP contribution is 2.32. The molecule has 0 saturated carbocycles. The molecule has 1 atom stereocenters. The molecule has 0 aliphatic rings. The zero-order valence-corrected chi connectivity index (χ0v) is 15.5. The highest BCUT2D eigenvalue weighted by Gasteiger charge is 2.16. The van der Waals surface area contributed by atoms with Gasteiger partial charge in [0.15, 0.2) is 0 Å². The molecule has 0 unspecified atom stereocenters. The summed E-state index contributed by atoms with van der Waals surface area (Å²) in [5.41, 5.74) is 1.72. The Morgan fingerprint density at radius 1 is 1.21 bits per heavy atom. The number of carbonyl (C=O) groups is 1. The van der Waals surface area contributed by atoms with E-state index in [1.807, 2.05) is 37.3 Å². The number of halogens is 3. The van der Waals surface area contributed by atoms with Gasteiger partial charge in [-0.1, -0.05) is 28.1 Å². The Morgan fingerprint density at radius 3 is 2.37 bits per heavy atom. The van der Waals surface area contributed by atoms with Crippen molar-refractivity contribution in [3.8, 4) is 0 Å². The van der Waals surface area contributed by atoms with Crippen molar-refractivity contribution in [3.63, 3.8) is 0 Å². The Hall–Kier alpha value is -0.170. The van der Waals surface area contributed by atoms with Crippen LogP contribution in [0.4, 0.5) is 0 Å². The third kappa shape index (κ3) is 3.90. The maximum absolute atomic E-state index is 12.2. The quantitative estimate of drug-likeness (QED) is 0.632. The molecule has 6 heteroatoms. The predicted molar refractivity (Wildman–Crippen MR) is 89.7 cm³/mol. The Morgan fingerprint density at radius 2 is 1.84 bits per heavy atom. The minimum Gasteiger partial charge on any atom is -0.345 e. The number of rotatable bonds is 3. The number of hydrogen-bond acceptors (Lipinski definition) is 2. The van der Waals surface area contributed by atoms with Gasteiger partial charge in [-0.2, -0.15) is 0 Å². The van der Waals surface area contributed by atoms with E-state index in [2.05, 4.69) is 53.1 Å². The molecule has 0 aliphatic carbocycles. The maximum atomic E-state index is 12.2. The first-order valence-electron chi connectivity index (χ1n) is 5.48. The molecule has 0 aliphatic heterocycles. The zero-order chi connectivity index (χ0) is 14.0.